The van der Waals surface area contributed by atoms with E-state index in [0.29, 0.717) is 16.8 Å². The number of carbonyl (C=O) groups excluding carboxylic acids is 2. The SMILES string of the molecule is CC1(C)OC(=O)C([C@@H](c2ccc(OCc3ccc4ccccc4c3)c(Br)c2)c2c[nH]c3ccccc23)C(=O)O1. The average molecular weight is 584 g/mol. The van der Waals surface area contributed by atoms with Crippen LogP contribution in [0.25, 0.3) is 21.7 Å². The number of aromatic amines is 1. The van der Waals surface area contributed by atoms with Crippen molar-refractivity contribution in [3.8, 4) is 5.75 Å². The molecule has 1 N–H and O–H groups in total. The topological polar surface area (TPSA) is 77.6 Å². The molecular weight excluding hydrogens is 558 g/mol. The molecular formula is C32H26BrNO5. The van der Waals surface area contributed by atoms with Crippen LogP contribution < -0.4 is 4.74 Å². The van der Waals surface area contributed by atoms with Crippen LogP contribution >= 0.6 is 15.9 Å². The van der Waals surface area contributed by atoms with Gasteiger partial charge in [-0.25, -0.2) is 0 Å². The smallest absolute Gasteiger partial charge is 0.324 e. The zero-order chi connectivity index (χ0) is 27.1. The first kappa shape index (κ1) is 25.2. The van der Waals surface area contributed by atoms with Crippen LogP contribution in [-0.4, -0.2) is 22.7 Å². The van der Waals surface area contributed by atoms with Gasteiger partial charge in [0.05, 0.1) is 4.47 Å². The van der Waals surface area contributed by atoms with Gasteiger partial charge in [0.2, 0.25) is 0 Å². The predicted octanol–water partition coefficient (Wildman–Crippen LogP) is 7.25. The van der Waals surface area contributed by atoms with Crippen molar-refractivity contribution in [1.29, 1.82) is 0 Å². The normalized spacial score (nSPS) is 16.2. The third-order valence-electron chi connectivity index (χ3n) is 7.01. The van der Waals surface area contributed by atoms with Gasteiger partial charge in [-0.15, -0.1) is 0 Å². The van der Waals surface area contributed by atoms with Gasteiger partial charge in [-0.3, -0.25) is 9.59 Å². The van der Waals surface area contributed by atoms with Gasteiger partial charge in [0, 0.05) is 36.9 Å². The van der Waals surface area contributed by atoms with Crippen molar-refractivity contribution in [1.82, 2.24) is 4.98 Å². The van der Waals surface area contributed by atoms with Crippen LogP contribution in [0.5, 0.6) is 5.75 Å². The van der Waals surface area contributed by atoms with Crippen molar-refractivity contribution in [3.05, 3.63) is 112 Å². The van der Waals surface area contributed by atoms with Gasteiger partial charge in [0.15, 0.2) is 5.92 Å². The molecule has 196 valence electrons. The molecule has 6 rings (SSSR count). The van der Waals surface area contributed by atoms with Gasteiger partial charge in [0.1, 0.15) is 12.4 Å². The Labute approximate surface area is 234 Å². The molecule has 1 aromatic heterocycles. The van der Waals surface area contributed by atoms with Crippen molar-refractivity contribution in [2.45, 2.75) is 32.2 Å². The average Bonchev–Trinajstić information content (AvgIpc) is 3.33. The van der Waals surface area contributed by atoms with Crippen LogP contribution in [0.1, 0.15) is 36.5 Å². The minimum absolute atomic E-state index is 0.394. The highest BCUT2D eigenvalue weighted by atomic mass is 79.9. The number of benzene rings is 4. The van der Waals surface area contributed by atoms with Gasteiger partial charge in [0.25, 0.3) is 5.79 Å². The third kappa shape index (κ3) is 4.90. The number of hydrogen-bond acceptors (Lipinski definition) is 5. The number of hydrogen-bond donors (Lipinski definition) is 1. The van der Waals surface area contributed by atoms with E-state index in [1.807, 2.05) is 60.8 Å². The molecule has 6 nitrogen and oxygen atoms in total. The quantitative estimate of drug-likeness (QED) is 0.168. The molecule has 7 heteroatoms. The Morgan fingerprint density at radius 1 is 0.897 bits per heavy atom. The molecule has 1 aliphatic rings. The Morgan fingerprint density at radius 3 is 2.38 bits per heavy atom. The van der Waals surface area contributed by atoms with Crippen molar-refractivity contribution in [3.63, 3.8) is 0 Å². The number of para-hydroxylation sites is 1. The lowest BCUT2D eigenvalue weighted by molar-refractivity contribution is -0.240. The number of esters is 2. The maximum absolute atomic E-state index is 13.2. The van der Waals surface area contributed by atoms with Crippen LogP contribution in [0.4, 0.5) is 0 Å². The van der Waals surface area contributed by atoms with E-state index in [1.165, 1.54) is 5.39 Å². The summed E-state index contributed by atoms with van der Waals surface area (Å²) in [5, 5.41) is 3.25. The highest BCUT2D eigenvalue weighted by Gasteiger charge is 2.48. The molecule has 39 heavy (non-hydrogen) atoms. The molecule has 5 aromatic rings. The van der Waals surface area contributed by atoms with Crippen molar-refractivity contribution >= 4 is 49.5 Å². The standard InChI is InChI=1S/C32H26BrNO5/c1-32(2)38-30(35)29(31(36)39-32)28(24-17-34-26-10-6-5-9-23(24)26)22-13-14-27(25(33)16-22)37-18-19-11-12-20-7-3-4-8-21(20)15-19/h3-17,28-29,34H,18H2,1-2H3/t28-/m0/s1. The maximum Gasteiger partial charge on any atom is 0.324 e. The molecule has 1 fully saturated rings. The lowest BCUT2D eigenvalue weighted by atomic mass is 9.80. The van der Waals surface area contributed by atoms with Gasteiger partial charge in [-0.05, 0) is 67.7 Å². The molecule has 1 aliphatic heterocycles. The number of fused-ring (bicyclic) bond motifs is 2. The number of H-pyrrole nitrogens is 1. The van der Waals surface area contributed by atoms with Gasteiger partial charge in [-0.2, -0.15) is 0 Å². The fraction of sp³-hybridized carbons (Fsp3) is 0.188. The molecule has 0 amide bonds. The van der Waals surface area contributed by atoms with Crippen LogP contribution in [0.15, 0.2) is 95.6 Å². The van der Waals surface area contributed by atoms with Gasteiger partial charge < -0.3 is 19.2 Å². The van der Waals surface area contributed by atoms with Crippen LogP contribution in [-0.2, 0) is 25.7 Å². The fourth-order valence-electron chi connectivity index (χ4n) is 5.22. The molecule has 1 atom stereocenters. The van der Waals surface area contributed by atoms with Crippen LogP contribution in [0.3, 0.4) is 0 Å². The van der Waals surface area contributed by atoms with Crippen molar-refractivity contribution in [2.75, 3.05) is 0 Å². The summed E-state index contributed by atoms with van der Waals surface area (Å²) in [6.07, 6.45) is 1.84. The van der Waals surface area contributed by atoms with E-state index in [4.69, 9.17) is 14.2 Å². The van der Waals surface area contributed by atoms with E-state index in [9.17, 15) is 9.59 Å². The first-order valence-electron chi connectivity index (χ1n) is 12.7. The summed E-state index contributed by atoms with van der Waals surface area (Å²) in [5.41, 5.74) is 3.52. The summed E-state index contributed by atoms with van der Waals surface area (Å²) >= 11 is 3.65. The Balaban J connectivity index is 1.34. The summed E-state index contributed by atoms with van der Waals surface area (Å²) in [4.78, 5) is 29.7. The fourth-order valence-corrected chi connectivity index (χ4v) is 5.73. The summed E-state index contributed by atoms with van der Waals surface area (Å²) in [5.74, 6) is -3.68. The van der Waals surface area contributed by atoms with E-state index < -0.39 is 29.6 Å². The first-order chi connectivity index (χ1) is 18.8. The molecule has 0 bridgehead atoms. The Bertz CT molecular complexity index is 1700. The highest BCUT2D eigenvalue weighted by Crippen LogP contribution is 2.42. The first-order valence-corrected chi connectivity index (χ1v) is 13.5. The molecule has 0 radical (unpaired) electrons. The second-order valence-electron chi connectivity index (χ2n) is 10.1. The summed E-state index contributed by atoms with van der Waals surface area (Å²) in [7, 11) is 0. The Morgan fingerprint density at radius 2 is 1.62 bits per heavy atom. The van der Waals surface area contributed by atoms with E-state index in [1.54, 1.807) is 13.8 Å². The number of aromatic nitrogens is 1. The van der Waals surface area contributed by atoms with Crippen molar-refractivity contribution in [2.24, 2.45) is 5.92 Å². The second kappa shape index (κ2) is 9.89. The minimum atomic E-state index is -1.31. The Kier molecular flexibility index (Phi) is 6.39. The second-order valence-corrected chi connectivity index (χ2v) is 11.0. The largest absolute Gasteiger partial charge is 0.488 e. The number of rotatable bonds is 6. The molecule has 0 unspecified atom stereocenters. The molecule has 2 heterocycles. The Hall–Kier alpha value is -4.10. The molecule has 0 saturated carbocycles. The molecule has 1 saturated heterocycles. The van der Waals surface area contributed by atoms with E-state index in [2.05, 4.69) is 51.2 Å². The van der Waals surface area contributed by atoms with E-state index in [-0.39, 0.29) is 0 Å². The molecule has 4 aromatic carbocycles. The van der Waals surface area contributed by atoms with Crippen LogP contribution in [0.2, 0.25) is 0 Å². The van der Waals surface area contributed by atoms with Crippen molar-refractivity contribution < 1.29 is 23.8 Å². The monoisotopic (exact) mass is 583 g/mol. The van der Waals surface area contributed by atoms with Gasteiger partial charge >= 0.3 is 11.9 Å². The lowest BCUT2D eigenvalue weighted by Crippen LogP contribution is -2.48. The van der Waals surface area contributed by atoms with E-state index >= 15 is 0 Å². The molecule has 0 spiro atoms. The lowest BCUT2D eigenvalue weighted by Gasteiger charge is -2.36. The van der Waals surface area contributed by atoms with Crippen LogP contribution in [0, 0.1) is 5.92 Å². The summed E-state index contributed by atoms with van der Waals surface area (Å²) in [6, 6.07) is 27.9. The maximum atomic E-state index is 13.2. The molecule has 0 aliphatic carbocycles. The third-order valence-corrected chi connectivity index (χ3v) is 7.63. The number of halogens is 1. The number of ether oxygens (including phenoxy) is 3. The summed E-state index contributed by atoms with van der Waals surface area (Å²) in [6.45, 7) is 3.50. The summed E-state index contributed by atoms with van der Waals surface area (Å²) < 4.78 is 17.9. The minimum Gasteiger partial charge on any atom is -0.488 e. The predicted molar refractivity (Wildman–Crippen MR) is 152 cm³/mol. The highest BCUT2D eigenvalue weighted by molar-refractivity contribution is 9.10. The zero-order valence-electron chi connectivity index (χ0n) is 21.4. The number of cyclic esters (lactones) is 2. The number of nitrogens with one attached hydrogen (secondary N) is 1. The number of carbonyl (C=O) groups is 2. The van der Waals surface area contributed by atoms with E-state index in [0.717, 1.165) is 33.0 Å². The van der Waals surface area contributed by atoms with Gasteiger partial charge in [-0.1, -0.05) is 60.7 Å². The zero-order valence-corrected chi connectivity index (χ0v) is 23.0.